The van der Waals surface area contributed by atoms with Gasteiger partial charge < -0.3 is 10.5 Å². The van der Waals surface area contributed by atoms with Crippen LogP contribution >= 0.6 is 11.8 Å². The van der Waals surface area contributed by atoms with Crippen molar-refractivity contribution in [2.45, 2.75) is 37.3 Å². The van der Waals surface area contributed by atoms with Gasteiger partial charge in [-0.05, 0) is 42.9 Å². The number of aryl methyl sites for hydroxylation is 1. The van der Waals surface area contributed by atoms with Gasteiger partial charge in [-0.3, -0.25) is 0 Å². The van der Waals surface area contributed by atoms with Gasteiger partial charge in [0.05, 0.1) is 0 Å². The molecule has 0 aromatic heterocycles. The lowest BCUT2D eigenvalue weighted by Crippen LogP contribution is -2.32. The van der Waals surface area contributed by atoms with Gasteiger partial charge in [0.15, 0.2) is 0 Å². The van der Waals surface area contributed by atoms with Crippen LogP contribution in [0.5, 0.6) is 5.75 Å². The highest BCUT2D eigenvalue weighted by Gasteiger charge is 2.22. The third-order valence-electron chi connectivity index (χ3n) is 3.68. The number of thioether (sulfide) groups is 1. The van der Waals surface area contributed by atoms with E-state index in [-0.39, 0.29) is 12.1 Å². The minimum atomic E-state index is -0.121. The van der Waals surface area contributed by atoms with E-state index in [0.717, 1.165) is 17.1 Å². The molecule has 2 N–H and O–H groups in total. The molecular formula is C18H23NOS. The molecule has 0 radical (unpaired) electrons. The van der Waals surface area contributed by atoms with E-state index < -0.39 is 0 Å². The summed E-state index contributed by atoms with van der Waals surface area (Å²) in [4.78, 5) is 1.14. The molecule has 0 amide bonds. The van der Waals surface area contributed by atoms with Crippen LogP contribution in [0.25, 0.3) is 0 Å². The van der Waals surface area contributed by atoms with Crippen LogP contribution in [0, 0.1) is 6.92 Å². The molecule has 0 aliphatic carbocycles. The summed E-state index contributed by atoms with van der Waals surface area (Å²) in [5, 5.41) is 0. The first-order valence-corrected chi connectivity index (χ1v) is 8.50. The summed E-state index contributed by atoms with van der Waals surface area (Å²) >= 11 is 1.69. The summed E-state index contributed by atoms with van der Waals surface area (Å²) in [7, 11) is 0. The number of hydrogen-bond acceptors (Lipinski definition) is 3. The van der Waals surface area contributed by atoms with Gasteiger partial charge >= 0.3 is 0 Å². The Kier molecular flexibility index (Phi) is 5.71. The standard InChI is InChI=1S/C18H23NOS/c1-4-15(19)18(14-10-6-5-9-13(14)2)20-16-11-7-8-12-17(16)21-3/h5-12,15,18H,4,19H2,1-3H3. The highest BCUT2D eigenvalue weighted by Crippen LogP contribution is 2.33. The SMILES string of the molecule is CCC(N)C(Oc1ccccc1SC)c1ccccc1C. The number of nitrogens with two attached hydrogens (primary N) is 1. The van der Waals surface area contributed by atoms with Crippen LogP contribution in [0.15, 0.2) is 53.4 Å². The zero-order valence-electron chi connectivity index (χ0n) is 12.9. The molecule has 2 aromatic carbocycles. The van der Waals surface area contributed by atoms with Crippen molar-refractivity contribution < 1.29 is 4.74 Å². The van der Waals surface area contributed by atoms with Crippen molar-refractivity contribution in [2.75, 3.05) is 6.26 Å². The monoisotopic (exact) mass is 301 g/mol. The van der Waals surface area contributed by atoms with E-state index in [1.165, 1.54) is 11.1 Å². The lowest BCUT2D eigenvalue weighted by Gasteiger charge is -2.27. The summed E-state index contributed by atoms with van der Waals surface area (Å²) in [6.45, 7) is 4.20. The fraction of sp³-hybridized carbons (Fsp3) is 0.333. The number of ether oxygens (including phenoxy) is 1. The van der Waals surface area contributed by atoms with Crippen LogP contribution < -0.4 is 10.5 Å². The first-order chi connectivity index (χ1) is 10.2. The second kappa shape index (κ2) is 7.53. The Balaban J connectivity index is 2.36. The van der Waals surface area contributed by atoms with Gasteiger partial charge in [0.2, 0.25) is 0 Å². The normalized spacial score (nSPS) is 13.7. The summed E-state index contributed by atoms with van der Waals surface area (Å²) in [5.41, 5.74) is 8.71. The molecule has 21 heavy (non-hydrogen) atoms. The maximum absolute atomic E-state index is 6.33. The van der Waals surface area contributed by atoms with Gasteiger partial charge in [0.1, 0.15) is 11.9 Å². The second-order valence-electron chi connectivity index (χ2n) is 5.12. The maximum Gasteiger partial charge on any atom is 0.139 e. The zero-order chi connectivity index (χ0) is 15.2. The Morgan fingerprint density at radius 3 is 2.43 bits per heavy atom. The van der Waals surface area contributed by atoms with E-state index in [9.17, 15) is 0 Å². The lowest BCUT2D eigenvalue weighted by atomic mass is 9.97. The first kappa shape index (κ1) is 15.9. The number of para-hydroxylation sites is 1. The fourth-order valence-electron chi connectivity index (χ4n) is 2.35. The van der Waals surface area contributed by atoms with Crippen molar-refractivity contribution in [3.8, 4) is 5.75 Å². The molecule has 0 fully saturated rings. The molecule has 2 nitrogen and oxygen atoms in total. The molecule has 2 aromatic rings. The van der Waals surface area contributed by atoms with E-state index in [1.54, 1.807) is 11.8 Å². The minimum absolute atomic E-state index is 0.0268. The predicted molar refractivity (Wildman–Crippen MR) is 91.0 cm³/mol. The minimum Gasteiger partial charge on any atom is -0.483 e. The Labute approximate surface area is 131 Å². The number of benzene rings is 2. The Bertz CT molecular complexity index is 585. The third kappa shape index (κ3) is 3.80. The smallest absolute Gasteiger partial charge is 0.139 e. The largest absolute Gasteiger partial charge is 0.483 e. The molecule has 2 atom stereocenters. The summed E-state index contributed by atoms with van der Waals surface area (Å²) in [5.74, 6) is 0.905. The van der Waals surface area contributed by atoms with Crippen LogP contribution in [-0.2, 0) is 0 Å². The maximum atomic E-state index is 6.33. The topological polar surface area (TPSA) is 35.2 Å². The van der Waals surface area contributed by atoms with Crippen LogP contribution in [0.2, 0.25) is 0 Å². The van der Waals surface area contributed by atoms with Gasteiger partial charge in [0.25, 0.3) is 0 Å². The van der Waals surface area contributed by atoms with E-state index in [2.05, 4.69) is 38.3 Å². The van der Waals surface area contributed by atoms with E-state index in [1.807, 2.05) is 30.3 Å². The molecule has 112 valence electrons. The molecule has 0 spiro atoms. The van der Waals surface area contributed by atoms with Gasteiger partial charge in [-0.2, -0.15) is 0 Å². The number of rotatable bonds is 6. The van der Waals surface area contributed by atoms with Gasteiger partial charge in [0, 0.05) is 10.9 Å². The summed E-state index contributed by atoms with van der Waals surface area (Å²) < 4.78 is 6.31. The highest BCUT2D eigenvalue weighted by atomic mass is 32.2. The van der Waals surface area contributed by atoms with Crippen LogP contribution in [-0.4, -0.2) is 12.3 Å². The predicted octanol–water partition coefficient (Wildman–Crippen LogP) is 4.57. The average Bonchev–Trinajstić information content (AvgIpc) is 2.53. The molecule has 0 bridgehead atoms. The lowest BCUT2D eigenvalue weighted by molar-refractivity contribution is 0.166. The summed E-state index contributed by atoms with van der Waals surface area (Å²) in [6, 6.07) is 16.4. The number of hydrogen-bond donors (Lipinski definition) is 1. The molecule has 0 aliphatic rings. The fourth-order valence-corrected chi connectivity index (χ4v) is 2.89. The van der Waals surface area contributed by atoms with Crippen LogP contribution in [0.1, 0.15) is 30.6 Å². The molecule has 2 unspecified atom stereocenters. The van der Waals surface area contributed by atoms with Crippen LogP contribution in [0.3, 0.4) is 0 Å². The first-order valence-electron chi connectivity index (χ1n) is 7.28. The van der Waals surface area contributed by atoms with E-state index >= 15 is 0 Å². The molecule has 3 heteroatoms. The van der Waals surface area contributed by atoms with Gasteiger partial charge in [-0.1, -0.05) is 43.3 Å². The van der Waals surface area contributed by atoms with Crippen molar-refractivity contribution in [2.24, 2.45) is 5.73 Å². The second-order valence-corrected chi connectivity index (χ2v) is 5.97. The van der Waals surface area contributed by atoms with Crippen molar-refractivity contribution >= 4 is 11.8 Å². The molecule has 0 aliphatic heterocycles. The van der Waals surface area contributed by atoms with Gasteiger partial charge in [-0.25, -0.2) is 0 Å². The van der Waals surface area contributed by atoms with Crippen molar-refractivity contribution in [3.63, 3.8) is 0 Å². The summed E-state index contributed by atoms with van der Waals surface area (Å²) in [6.07, 6.45) is 2.81. The molecule has 0 heterocycles. The van der Waals surface area contributed by atoms with Crippen LogP contribution in [0.4, 0.5) is 0 Å². The molecular weight excluding hydrogens is 278 g/mol. The third-order valence-corrected chi connectivity index (χ3v) is 4.46. The quantitative estimate of drug-likeness (QED) is 0.794. The van der Waals surface area contributed by atoms with E-state index in [4.69, 9.17) is 10.5 Å². The van der Waals surface area contributed by atoms with Crippen molar-refractivity contribution in [1.29, 1.82) is 0 Å². The Morgan fingerprint density at radius 2 is 1.76 bits per heavy atom. The van der Waals surface area contributed by atoms with E-state index in [0.29, 0.717) is 0 Å². The average molecular weight is 301 g/mol. The molecule has 0 saturated carbocycles. The van der Waals surface area contributed by atoms with Crippen molar-refractivity contribution in [1.82, 2.24) is 0 Å². The Morgan fingerprint density at radius 1 is 1.10 bits per heavy atom. The zero-order valence-corrected chi connectivity index (χ0v) is 13.7. The Hall–Kier alpha value is -1.45. The van der Waals surface area contributed by atoms with Crippen molar-refractivity contribution in [3.05, 3.63) is 59.7 Å². The van der Waals surface area contributed by atoms with Gasteiger partial charge in [-0.15, -0.1) is 11.8 Å². The highest BCUT2D eigenvalue weighted by molar-refractivity contribution is 7.98. The molecule has 0 saturated heterocycles. The molecule has 2 rings (SSSR count).